The molecule has 19 atom stereocenters. The highest BCUT2D eigenvalue weighted by Gasteiger charge is 2.57. The van der Waals surface area contributed by atoms with Gasteiger partial charge >= 0.3 is 22.8 Å². The molecule has 1 N–H and O–H groups in total. The monoisotopic (exact) mass is 1270 g/mol. The van der Waals surface area contributed by atoms with E-state index < -0.39 is 142 Å². The first-order valence-electron chi connectivity index (χ1n) is 29.7. The molecule has 0 aromatic heterocycles. The van der Waals surface area contributed by atoms with E-state index in [-0.39, 0.29) is 47.1 Å². The van der Waals surface area contributed by atoms with Crippen molar-refractivity contribution in [2.24, 2.45) is 0 Å². The van der Waals surface area contributed by atoms with Crippen LogP contribution in [0.25, 0.3) is 0 Å². The topological polar surface area (TPSA) is 201 Å². The molecule has 0 aliphatic carbocycles. The van der Waals surface area contributed by atoms with Gasteiger partial charge in [0.05, 0.1) is 56.4 Å². The van der Waals surface area contributed by atoms with Gasteiger partial charge in [0.2, 0.25) is 8.32 Å². The van der Waals surface area contributed by atoms with Gasteiger partial charge in [-0.25, -0.2) is 0 Å². The van der Waals surface area contributed by atoms with Crippen molar-refractivity contribution in [2.45, 2.75) is 314 Å². The summed E-state index contributed by atoms with van der Waals surface area (Å²) in [5.41, 5.74) is 0.877. The van der Waals surface area contributed by atoms with Crippen molar-refractivity contribution in [3.8, 4) is 0 Å². The molecule has 25 heteroatoms. The van der Waals surface area contributed by atoms with Crippen LogP contribution < -0.4 is 0 Å². The van der Waals surface area contributed by atoms with Crippen LogP contribution in [0, 0.1) is 0 Å². The van der Waals surface area contributed by atoms with Crippen molar-refractivity contribution in [3.05, 3.63) is 0 Å². The first-order chi connectivity index (χ1) is 36.0. The summed E-state index contributed by atoms with van der Waals surface area (Å²) < 4.78 is 136. The molecule has 80 heavy (non-hydrogen) atoms. The summed E-state index contributed by atoms with van der Waals surface area (Å²) >= 11 is 0. The number of ether oxygens (including phenoxy) is 4. The molecule has 474 valence electrons. The van der Waals surface area contributed by atoms with Crippen molar-refractivity contribution >= 4 is 56.1 Å². The van der Waals surface area contributed by atoms with Crippen molar-refractivity contribution in [3.63, 3.8) is 0 Å². The molecule has 0 aromatic carbocycles. The van der Waals surface area contributed by atoms with Gasteiger partial charge in [0.25, 0.3) is 0 Å². The Morgan fingerprint density at radius 3 is 0.950 bits per heavy atom. The van der Waals surface area contributed by atoms with Gasteiger partial charge in [-0.2, -0.15) is 0 Å². The van der Waals surface area contributed by atoms with Crippen LogP contribution in [0.4, 0.5) is 0 Å². The summed E-state index contributed by atoms with van der Waals surface area (Å²) in [5, 5.41) is 11.3. The maximum Gasteiger partial charge on any atom is 0.328 e. The lowest BCUT2D eigenvalue weighted by atomic mass is 10.1. The minimum atomic E-state index is -4.07. The van der Waals surface area contributed by atoms with E-state index in [0.29, 0.717) is 23.0 Å². The third kappa shape index (κ3) is 17.6. The second-order valence-corrected chi connectivity index (χ2v) is 55.0. The highest BCUT2D eigenvalue weighted by molar-refractivity contribution is 7.53. The van der Waals surface area contributed by atoms with Crippen LogP contribution in [0.3, 0.4) is 0 Å². The molecule has 0 aromatic rings. The van der Waals surface area contributed by atoms with E-state index in [1.54, 1.807) is 0 Å². The van der Waals surface area contributed by atoms with E-state index in [4.69, 9.17) is 63.8 Å². The molecule has 18 nitrogen and oxygen atoms in total. The largest absolute Gasteiger partial charge is 0.409 e. The van der Waals surface area contributed by atoms with Crippen LogP contribution in [0.15, 0.2) is 0 Å². The van der Waals surface area contributed by atoms with Crippen molar-refractivity contribution < 1.29 is 82.6 Å². The zero-order chi connectivity index (χ0) is 61.7. The molecule has 4 aliphatic heterocycles. The lowest BCUT2D eigenvalue weighted by Gasteiger charge is -2.45. The summed E-state index contributed by atoms with van der Waals surface area (Å²) in [7, 11) is -21.6. The van der Waals surface area contributed by atoms with Gasteiger partial charge in [-0.15, -0.1) is 0 Å². The molecule has 4 fully saturated rings. The summed E-state index contributed by atoms with van der Waals surface area (Å²) in [6.07, 6.45) is -10.5. The molecule has 0 saturated carbocycles. The molecule has 0 amide bonds. The van der Waals surface area contributed by atoms with E-state index in [9.17, 15) is 18.8 Å². The van der Waals surface area contributed by atoms with Crippen LogP contribution in [-0.4, -0.2) is 176 Å². The van der Waals surface area contributed by atoms with E-state index in [1.165, 1.54) is 20.0 Å². The highest BCUT2D eigenvalue weighted by Crippen LogP contribution is 2.55. The zero-order valence-electron chi connectivity index (χ0n) is 55.0. The molecule has 0 bridgehead atoms. The summed E-state index contributed by atoms with van der Waals surface area (Å²) in [6, 6.07) is 0. The van der Waals surface area contributed by atoms with E-state index in [1.807, 2.05) is 34.6 Å². The highest BCUT2D eigenvalue weighted by atomic mass is 31.2. The fourth-order valence-electron chi connectivity index (χ4n) is 11.0. The summed E-state index contributed by atoms with van der Waals surface area (Å²) in [5.74, 6) is 0. The molecule has 0 radical (unpaired) electrons. The van der Waals surface area contributed by atoms with Gasteiger partial charge in [-0.1, -0.05) is 111 Å². The fraction of sp³-hybridized carbons (Fsp3) is 1.00. The molecular weight excluding hydrogens is 1150 g/mol. The Kier molecular flexibility index (Phi) is 24.8. The molecule has 4 rings (SSSR count). The minimum Gasteiger partial charge on any atom is -0.409 e. The first kappa shape index (κ1) is 73.4. The maximum absolute atomic E-state index is 15.0. The third-order valence-electron chi connectivity index (χ3n) is 18.7. The molecule has 4 saturated heterocycles. The number of aliphatic hydroxyl groups excluding tert-OH is 1. The second-order valence-electron chi connectivity index (χ2n) is 29.3. The molecule has 4 heterocycles. The summed E-state index contributed by atoms with van der Waals surface area (Å²) in [6.45, 7) is 58.3. The SMILES string of the molecule is CC[C@H]1O[C@@H](C)[C@@H](O[Si](C)(C)C(C)(C)C)C1OP(C)(=O)OC[C@H]1O[C@@H](C)[C@@H](O[Si](C)(C)C(C)(C)C)C1OP(C)(=O)OC[C@H]1O[C@@H](C)[C@@H](O[Si](C)(C)C(C)(C)C)C1OP(C)(=O)OC[C@H]1O[C@@H](C)[C@@H](O[Si](C(C)C)(C(C)C)C(C)C)C1O. The van der Waals surface area contributed by atoms with Crippen molar-refractivity contribution in [1.82, 2.24) is 0 Å². The normalized spacial score (nSPS) is 34.9. The maximum atomic E-state index is 15.0. The average molecular weight is 1270 g/mol. The molecular formula is C55H115O18P3Si4. The average Bonchev–Trinajstić information content (AvgIpc) is 3.93. The van der Waals surface area contributed by atoms with Crippen LogP contribution in [0.5, 0.6) is 0 Å². The van der Waals surface area contributed by atoms with Crippen LogP contribution >= 0.6 is 22.8 Å². The van der Waals surface area contributed by atoms with Crippen LogP contribution in [0.1, 0.15) is 145 Å². The minimum absolute atomic E-state index is 0.0835. The third-order valence-corrected chi connectivity index (χ3v) is 42.0. The van der Waals surface area contributed by atoms with Gasteiger partial charge in [0.1, 0.15) is 61.0 Å². The fourth-order valence-corrected chi connectivity index (χ4v) is 24.2. The first-order valence-corrected chi connectivity index (χ1v) is 46.5. The van der Waals surface area contributed by atoms with Gasteiger partial charge in [-0.3, -0.25) is 27.3 Å². The van der Waals surface area contributed by atoms with E-state index in [0.717, 1.165) is 0 Å². The second kappa shape index (κ2) is 27.0. The van der Waals surface area contributed by atoms with Crippen LogP contribution in [0.2, 0.25) is 71.0 Å². The number of hydrogen-bond acceptors (Lipinski definition) is 18. The molecule has 7 unspecified atom stereocenters. The molecule has 4 aliphatic rings. The number of aliphatic hydroxyl groups is 1. The lowest BCUT2D eigenvalue weighted by Crippen LogP contribution is -2.53. The van der Waals surface area contributed by atoms with Gasteiger partial charge in [0, 0.05) is 20.0 Å². The van der Waals surface area contributed by atoms with Gasteiger partial charge in [-0.05, 0) is 105 Å². The predicted octanol–water partition coefficient (Wildman–Crippen LogP) is 14.3. The van der Waals surface area contributed by atoms with Crippen molar-refractivity contribution in [2.75, 3.05) is 39.8 Å². The lowest BCUT2D eigenvalue weighted by molar-refractivity contribution is -0.0316. The van der Waals surface area contributed by atoms with Crippen LogP contribution in [-0.2, 0) is 77.5 Å². The van der Waals surface area contributed by atoms with E-state index >= 15 is 0 Å². The number of hydrogen-bond donors (Lipinski definition) is 1. The summed E-state index contributed by atoms with van der Waals surface area (Å²) in [4.78, 5) is 0. The number of rotatable bonds is 27. The van der Waals surface area contributed by atoms with Gasteiger partial charge in [0.15, 0.2) is 25.0 Å². The quantitative estimate of drug-likeness (QED) is 0.0600. The Morgan fingerprint density at radius 2 is 0.675 bits per heavy atom. The van der Waals surface area contributed by atoms with E-state index in [2.05, 4.69) is 143 Å². The van der Waals surface area contributed by atoms with Gasteiger partial charge < -0.3 is 55.3 Å². The standard InChI is InChI=1S/C55H115O18P3Si4/c1-30-41-50(47(38(9)63-41)70-77(24,25)53(12,13)14)67-75(22,58)61-32-43-52(49(40(11)65-43)72-79(28,29)55(18,19)20)69-76(23,59)62-33-44-51(48(39(10)66-44)71-78(26,27)54(15,16)17)68-74(21,57)60-31-42-45(56)46(37(8)64-42)73-80(34(2)3,35(4)5)36(6)7/h34-52,56H,30-33H2,1-29H3/t37-,38-,39-,40-,41+,42+,43+,44+,45?,46+,47+,48+,49+,50?,51?,52?,74?,75?,76?/m0/s1. The Hall–Kier alpha value is 0.958. The smallest absolute Gasteiger partial charge is 0.328 e. The Bertz CT molecular complexity index is 2130. The Morgan fingerprint density at radius 1 is 0.425 bits per heavy atom. The van der Waals surface area contributed by atoms with Crippen molar-refractivity contribution in [1.29, 1.82) is 0 Å². The Labute approximate surface area is 489 Å². The molecule has 0 spiro atoms. The zero-order valence-corrected chi connectivity index (χ0v) is 61.7. The predicted molar refractivity (Wildman–Crippen MR) is 329 cm³/mol. The Balaban J connectivity index is 1.59.